The summed E-state index contributed by atoms with van der Waals surface area (Å²) >= 11 is 5.48. The van der Waals surface area contributed by atoms with Gasteiger partial charge in [-0.2, -0.15) is 0 Å². The number of hydrogen-bond donors (Lipinski definition) is 1. The Morgan fingerprint density at radius 1 is 1.21 bits per heavy atom. The molecule has 2 amide bonds. The van der Waals surface area contributed by atoms with Crippen LogP contribution in [-0.2, 0) is 4.79 Å². The second kappa shape index (κ2) is 11.5. The van der Waals surface area contributed by atoms with E-state index in [9.17, 15) is 9.59 Å². The number of ether oxygens (including phenoxy) is 1. The monoisotopic (exact) mass is 465 g/mol. The lowest BCUT2D eigenvalue weighted by Crippen LogP contribution is -2.19. The second-order valence-electron chi connectivity index (χ2n) is 8.17. The van der Waals surface area contributed by atoms with Crippen molar-refractivity contribution in [2.24, 2.45) is 5.73 Å². The molecule has 1 fully saturated rings. The molecule has 1 aliphatic rings. The summed E-state index contributed by atoms with van der Waals surface area (Å²) < 4.78 is 6.05. The van der Waals surface area contributed by atoms with Gasteiger partial charge in [0.2, 0.25) is 12.3 Å². The van der Waals surface area contributed by atoms with Crippen LogP contribution in [0.3, 0.4) is 0 Å². The molecule has 7 heteroatoms. The molecule has 3 aromatic rings. The largest absolute Gasteiger partial charge is 0.457 e. The van der Waals surface area contributed by atoms with Crippen LogP contribution in [0.5, 0.6) is 11.5 Å². The van der Waals surface area contributed by atoms with E-state index >= 15 is 0 Å². The number of benzene rings is 2. The summed E-state index contributed by atoms with van der Waals surface area (Å²) in [7, 11) is 0. The summed E-state index contributed by atoms with van der Waals surface area (Å²) in [6.07, 6.45) is 4.97. The lowest BCUT2D eigenvalue weighted by molar-refractivity contribution is -0.117. The first-order valence-corrected chi connectivity index (χ1v) is 11.2. The molecule has 4 rings (SSSR count). The van der Waals surface area contributed by atoms with Crippen LogP contribution in [0.2, 0.25) is 5.02 Å². The maximum atomic E-state index is 12.0. The number of nitrogens with zero attached hydrogens (tertiary/aromatic N) is 2. The normalized spacial score (nSPS) is 15.0. The van der Waals surface area contributed by atoms with E-state index in [1.807, 2.05) is 36.4 Å². The van der Waals surface area contributed by atoms with Gasteiger partial charge in [-0.1, -0.05) is 49.7 Å². The Labute approximate surface area is 199 Å². The van der Waals surface area contributed by atoms with E-state index < -0.39 is 5.91 Å². The molecule has 33 heavy (non-hydrogen) atoms. The minimum atomic E-state index is -0.479. The molecule has 2 heterocycles. The first-order chi connectivity index (χ1) is 15.9. The maximum Gasteiger partial charge on any atom is 0.249 e. The molecule has 172 valence electrons. The SMILES string of the molecule is CC(C)c1ccccc1Oc1ccc(C2CCN(C=O)C2)c(C(N)=O)c1.Clc1cccnc1. The van der Waals surface area contributed by atoms with Crippen molar-refractivity contribution < 1.29 is 14.3 Å². The van der Waals surface area contributed by atoms with Crippen LogP contribution in [0.4, 0.5) is 0 Å². The van der Waals surface area contributed by atoms with Crippen LogP contribution in [0.25, 0.3) is 0 Å². The zero-order chi connectivity index (χ0) is 23.8. The summed E-state index contributed by atoms with van der Waals surface area (Å²) in [6, 6.07) is 16.9. The Morgan fingerprint density at radius 2 is 2.00 bits per heavy atom. The Balaban J connectivity index is 0.000000374. The predicted octanol–water partition coefficient (Wildman–Crippen LogP) is 5.38. The van der Waals surface area contributed by atoms with Crippen molar-refractivity contribution in [2.75, 3.05) is 13.1 Å². The third-order valence-corrected chi connectivity index (χ3v) is 5.72. The molecule has 0 saturated carbocycles. The van der Waals surface area contributed by atoms with Crippen molar-refractivity contribution in [1.82, 2.24) is 9.88 Å². The van der Waals surface area contributed by atoms with Crippen molar-refractivity contribution >= 4 is 23.9 Å². The van der Waals surface area contributed by atoms with E-state index in [1.165, 1.54) is 0 Å². The molecule has 0 aliphatic carbocycles. The van der Waals surface area contributed by atoms with Gasteiger partial charge >= 0.3 is 0 Å². The van der Waals surface area contributed by atoms with Gasteiger partial charge in [0.1, 0.15) is 11.5 Å². The van der Waals surface area contributed by atoms with Crippen molar-refractivity contribution in [1.29, 1.82) is 0 Å². The van der Waals surface area contributed by atoms with E-state index in [4.69, 9.17) is 22.1 Å². The highest BCUT2D eigenvalue weighted by Gasteiger charge is 2.26. The van der Waals surface area contributed by atoms with E-state index in [1.54, 1.807) is 35.5 Å². The van der Waals surface area contributed by atoms with Crippen LogP contribution >= 0.6 is 11.6 Å². The number of carbonyl (C=O) groups excluding carboxylic acids is 2. The summed E-state index contributed by atoms with van der Waals surface area (Å²) in [6.45, 7) is 5.53. The smallest absolute Gasteiger partial charge is 0.249 e. The average Bonchev–Trinajstić information content (AvgIpc) is 3.29. The number of carbonyl (C=O) groups is 2. The first-order valence-electron chi connectivity index (χ1n) is 10.8. The molecular weight excluding hydrogens is 438 g/mol. The molecule has 2 aromatic carbocycles. The van der Waals surface area contributed by atoms with Crippen LogP contribution in [-0.4, -0.2) is 35.3 Å². The number of nitrogens with two attached hydrogens (primary N) is 1. The van der Waals surface area contributed by atoms with Gasteiger partial charge in [-0.3, -0.25) is 14.6 Å². The number of primary amides is 1. The highest BCUT2D eigenvalue weighted by Crippen LogP contribution is 2.34. The molecule has 6 nitrogen and oxygen atoms in total. The van der Waals surface area contributed by atoms with Crippen LogP contribution in [0.15, 0.2) is 67.0 Å². The van der Waals surface area contributed by atoms with Crippen molar-refractivity contribution in [2.45, 2.75) is 32.1 Å². The van der Waals surface area contributed by atoms with E-state index in [0.717, 1.165) is 29.7 Å². The number of rotatable bonds is 6. The lowest BCUT2D eigenvalue weighted by Gasteiger charge is -2.17. The summed E-state index contributed by atoms with van der Waals surface area (Å²) in [4.78, 5) is 28.4. The molecular formula is C26H28ClN3O3. The summed E-state index contributed by atoms with van der Waals surface area (Å²) in [5.74, 6) is 1.33. The van der Waals surface area contributed by atoms with Gasteiger partial charge in [0.15, 0.2) is 0 Å². The fourth-order valence-corrected chi connectivity index (χ4v) is 3.95. The molecule has 1 atom stereocenters. The highest BCUT2D eigenvalue weighted by atomic mass is 35.5. The number of para-hydroxylation sites is 1. The van der Waals surface area contributed by atoms with Gasteiger partial charge in [-0.25, -0.2) is 0 Å². The summed E-state index contributed by atoms with van der Waals surface area (Å²) in [5.41, 5.74) is 8.06. The first kappa shape index (κ1) is 24.3. The second-order valence-corrected chi connectivity index (χ2v) is 8.60. The maximum absolute atomic E-state index is 12.0. The highest BCUT2D eigenvalue weighted by molar-refractivity contribution is 6.30. The van der Waals surface area contributed by atoms with Crippen molar-refractivity contribution in [3.05, 3.63) is 88.7 Å². The van der Waals surface area contributed by atoms with Gasteiger partial charge in [0, 0.05) is 37.0 Å². The molecule has 1 unspecified atom stereocenters. The third kappa shape index (κ3) is 6.56. The fraction of sp³-hybridized carbons (Fsp3) is 0.269. The van der Waals surface area contributed by atoms with Gasteiger partial charge in [-0.15, -0.1) is 0 Å². The van der Waals surface area contributed by atoms with Crippen molar-refractivity contribution in [3.63, 3.8) is 0 Å². The van der Waals surface area contributed by atoms with E-state index in [-0.39, 0.29) is 5.92 Å². The fourth-order valence-electron chi connectivity index (χ4n) is 3.82. The molecule has 0 bridgehead atoms. The predicted molar refractivity (Wildman–Crippen MR) is 130 cm³/mol. The third-order valence-electron chi connectivity index (χ3n) is 5.49. The average molecular weight is 466 g/mol. The minimum absolute atomic E-state index is 0.125. The Hall–Kier alpha value is -3.38. The Morgan fingerprint density at radius 3 is 2.58 bits per heavy atom. The van der Waals surface area contributed by atoms with Crippen LogP contribution in [0.1, 0.15) is 53.6 Å². The van der Waals surface area contributed by atoms with Crippen LogP contribution in [0, 0.1) is 0 Å². The Bertz CT molecular complexity index is 1090. The molecule has 1 aromatic heterocycles. The number of amides is 2. The lowest BCUT2D eigenvalue weighted by atomic mass is 9.93. The van der Waals surface area contributed by atoms with Gasteiger partial charge < -0.3 is 15.4 Å². The standard InChI is InChI=1S/C21H24N2O3.C5H4ClN/c1-14(2)17-5-3-4-6-20(17)26-16-7-8-18(19(11-16)21(22)25)15-9-10-23(12-15)13-24;6-5-2-1-3-7-4-5/h3-8,11,13-15H,9-10,12H2,1-2H3,(H2,22,25);1-4H. The Kier molecular flexibility index (Phi) is 8.44. The van der Waals surface area contributed by atoms with E-state index in [0.29, 0.717) is 35.3 Å². The van der Waals surface area contributed by atoms with Gasteiger partial charge in [0.25, 0.3) is 0 Å². The molecule has 0 spiro atoms. The number of pyridine rings is 1. The van der Waals surface area contributed by atoms with Gasteiger partial charge in [0.05, 0.1) is 5.02 Å². The number of hydrogen-bond acceptors (Lipinski definition) is 4. The molecule has 2 N–H and O–H groups in total. The summed E-state index contributed by atoms with van der Waals surface area (Å²) in [5, 5.41) is 0.683. The number of halogens is 1. The van der Waals surface area contributed by atoms with E-state index in [2.05, 4.69) is 18.8 Å². The van der Waals surface area contributed by atoms with Crippen molar-refractivity contribution in [3.8, 4) is 11.5 Å². The minimum Gasteiger partial charge on any atom is -0.457 e. The number of aromatic nitrogens is 1. The number of likely N-dealkylation sites (tertiary alicyclic amines) is 1. The zero-order valence-electron chi connectivity index (χ0n) is 18.8. The molecule has 0 radical (unpaired) electrons. The van der Waals surface area contributed by atoms with Crippen LogP contribution < -0.4 is 10.5 Å². The zero-order valence-corrected chi connectivity index (χ0v) is 19.5. The topological polar surface area (TPSA) is 85.5 Å². The molecule has 1 aliphatic heterocycles. The quantitative estimate of drug-likeness (QED) is 0.495. The molecule has 1 saturated heterocycles. The van der Waals surface area contributed by atoms with Gasteiger partial charge in [-0.05, 0) is 53.8 Å².